The van der Waals surface area contributed by atoms with Gasteiger partial charge in [0, 0.05) is 24.8 Å². The summed E-state index contributed by atoms with van der Waals surface area (Å²) in [5.74, 6) is 0. The first kappa shape index (κ1) is 11.5. The summed E-state index contributed by atoms with van der Waals surface area (Å²) in [6.45, 7) is 6.04. The molecule has 0 aliphatic heterocycles. The van der Waals surface area contributed by atoms with Gasteiger partial charge in [-0.05, 0) is 18.2 Å². The molecule has 0 saturated heterocycles. The van der Waals surface area contributed by atoms with E-state index in [4.69, 9.17) is 5.26 Å². The summed E-state index contributed by atoms with van der Waals surface area (Å²) in [6.07, 6.45) is 0. The number of nitrogens with zero attached hydrogens (tertiary/aromatic N) is 1. The lowest BCUT2D eigenvalue weighted by Crippen LogP contribution is -2.28. The zero-order valence-corrected chi connectivity index (χ0v) is 9.25. The Morgan fingerprint density at radius 3 is 2.80 bits per heavy atom. The maximum absolute atomic E-state index is 8.72. The second-order valence-corrected chi connectivity index (χ2v) is 3.73. The highest BCUT2D eigenvalue weighted by Crippen LogP contribution is 2.08. The van der Waals surface area contributed by atoms with E-state index < -0.39 is 0 Å². The minimum atomic E-state index is 0.511. The quantitative estimate of drug-likeness (QED) is 0.719. The number of nitriles is 1. The molecule has 0 saturated carbocycles. The Labute approximate surface area is 91.1 Å². The molecule has 0 aromatic heterocycles. The van der Waals surface area contributed by atoms with Gasteiger partial charge < -0.3 is 10.6 Å². The van der Waals surface area contributed by atoms with Gasteiger partial charge in [0.15, 0.2) is 0 Å². The van der Waals surface area contributed by atoms with Crippen LogP contribution in [0.1, 0.15) is 19.4 Å². The summed E-state index contributed by atoms with van der Waals surface area (Å²) in [5.41, 5.74) is 1.69. The van der Waals surface area contributed by atoms with Gasteiger partial charge in [-0.2, -0.15) is 5.26 Å². The first-order valence-electron chi connectivity index (χ1n) is 5.20. The van der Waals surface area contributed by atoms with E-state index in [1.165, 1.54) is 0 Å². The molecule has 80 valence electrons. The van der Waals surface area contributed by atoms with E-state index in [1.807, 2.05) is 18.2 Å². The highest BCUT2D eigenvalue weighted by molar-refractivity contribution is 5.49. The normalized spacial score (nSPS) is 10.0. The molecular weight excluding hydrogens is 186 g/mol. The van der Waals surface area contributed by atoms with Crippen molar-refractivity contribution in [2.75, 3.05) is 18.4 Å². The monoisotopic (exact) mass is 203 g/mol. The summed E-state index contributed by atoms with van der Waals surface area (Å²) >= 11 is 0. The maximum Gasteiger partial charge on any atom is 0.0992 e. The number of hydrogen-bond acceptors (Lipinski definition) is 3. The van der Waals surface area contributed by atoms with E-state index in [-0.39, 0.29) is 0 Å². The van der Waals surface area contributed by atoms with Gasteiger partial charge in [0.1, 0.15) is 0 Å². The smallest absolute Gasteiger partial charge is 0.0992 e. The lowest BCUT2D eigenvalue weighted by atomic mass is 10.2. The Morgan fingerprint density at radius 2 is 2.13 bits per heavy atom. The SMILES string of the molecule is CC(C)NCCNc1cccc(C#N)c1. The van der Waals surface area contributed by atoms with Gasteiger partial charge in [-0.1, -0.05) is 19.9 Å². The molecule has 0 spiro atoms. The lowest BCUT2D eigenvalue weighted by molar-refractivity contribution is 0.602. The Kier molecular flexibility index (Phi) is 4.65. The first-order chi connectivity index (χ1) is 7.22. The zero-order chi connectivity index (χ0) is 11.1. The molecule has 3 nitrogen and oxygen atoms in total. The lowest BCUT2D eigenvalue weighted by Gasteiger charge is -2.09. The van der Waals surface area contributed by atoms with Crippen LogP contribution < -0.4 is 10.6 Å². The summed E-state index contributed by atoms with van der Waals surface area (Å²) in [7, 11) is 0. The van der Waals surface area contributed by atoms with Gasteiger partial charge in [-0.15, -0.1) is 0 Å². The molecule has 0 atom stereocenters. The van der Waals surface area contributed by atoms with Crippen LogP contribution in [0.3, 0.4) is 0 Å². The number of rotatable bonds is 5. The van der Waals surface area contributed by atoms with Gasteiger partial charge in [-0.3, -0.25) is 0 Å². The van der Waals surface area contributed by atoms with E-state index in [0.717, 1.165) is 18.8 Å². The molecule has 0 amide bonds. The van der Waals surface area contributed by atoms with Crippen molar-refractivity contribution in [1.82, 2.24) is 5.32 Å². The van der Waals surface area contributed by atoms with Gasteiger partial charge in [0.2, 0.25) is 0 Å². The number of hydrogen-bond donors (Lipinski definition) is 2. The predicted octanol–water partition coefficient (Wildman–Crippen LogP) is 1.97. The minimum absolute atomic E-state index is 0.511. The molecular formula is C12H17N3. The van der Waals surface area contributed by atoms with E-state index in [1.54, 1.807) is 6.07 Å². The number of nitrogens with one attached hydrogen (secondary N) is 2. The molecule has 0 unspecified atom stereocenters. The molecule has 3 heteroatoms. The molecule has 0 aliphatic rings. The van der Waals surface area contributed by atoms with Crippen LogP contribution in [-0.2, 0) is 0 Å². The Hall–Kier alpha value is -1.53. The van der Waals surface area contributed by atoms with Crippen molar-refractivity contribution < 1.29 is 0 Å². The van der Waals surface area contributed by atoms with Gasteiger partial charge >= 0.3 is 0 Å². The molecule has 15 heavy (non-hydrogen) atoms. The van der Waals surface area contributed by atoms with Crippen LogP contribution in [0.5, 0.6) is 0 Å². The molecule has 1 aromatic rings. The Balaban J connectivity index is 2.35. The molecule has 0 radical (unpaired) electrons. The second kappa shape index (κ2) is 6.05. The van der Waals surface area contributed by atoms with E-state index in [2.05, 4.69) is 30.6 Å². The van der Waals surface area contributed by atoms with Crippen LogP contribution in [0.25, 0.3) is 0 Å². The third-order valence-electron chi connectivity index (χ3n) is 2.00. The fourth-order valence-electron chi connectivity index (χ4n) is 1.27. The van der Waals surface area contributed by atoms with E-state index >= 15 is 0 Å². The predicted molar refractivity (Wildman–Crippen MR) is 62.8 cm³/mol. The molecule has 1 aromatic carbocycles. The van der Waals surface area contributed by atoms with Crippen LogP contribution in [0.4, 0.5) is 5.69 Å². The van der Waals surface area contributed by atoms with Crippen molar-refractivity contribution >= 4 is 5.69 Å². The van der Waals surface area contributed by atoms with Crippen molar-refractivity contribution in [1.29, 1.82) is 5.26 Å². The molecule has 0 fully saturated rings. The highest BCUT2D eigenvalue weighted by atomic mass is 15.0. The van der Waals surface area contributed by atoms with Crippen molar-refractivity contribution in [3.63, 3.8) is 0 Å². The molecule has 0 heterocycles. The van der Waals surface area contributed by atoms with Crippen molar-refractivity contribution in [2.24, 2.45) is 0 Å². The average molecular weight is 203 g/mol. The standard InChI is InChI=1S/C12H17N3/c1-10(2)14-6-7-15-12-5-3-4-11(8-12)9-13/h3-5,8,10,14-15H,6-7H2,1-2H3. The summed E-state index contributed by atoms with van der Waals surface area (Å²) in [4.78, 5) is 0. The summed E-state index contributed by atoms with van der Waals surface area (Å²) < 4.78 is 0. The van der Waals surface area contributed by atoms with E-state index in [9.17, 15) is 0 Å². The van der Waals surface area contributed by atoms with Crippen molar-refractivity contribution in [3.8, 4) is 6.07 Å². The van der Waals surface area contributed by atoms with Crippen LogP contribution in [0.2, 0.25) is 0 Å². The Morgan fingerprint density at radius 1 is 1.33 bits per heavy atom. The van der Waals surface area contributed by atoms with Crippen LogP contribution in [0, 0.1) is 11.3 Å². The topological polar surface area (TPSA) is 47.8 Å². The first-order valence-corrected chi connectivity index (χ1v) is 5.20. The van der Waals surface area contributed by atoms with Gasteiger partial charge in [-0.25, -0.2) is 0 Å². The maximum atomic E-state index is 8.72. The fourth-order valence-corrected chi connectivity index (χ4v) is 1.27. The van der Waals surface area contributed by atoms with Crippen molar-refractivity contribution in [2.45, 2.75) is 19.9 Å². The second-order valence-electron chi connectivity index (χ2n) is 3.73. The molecule has 2 N–H and O–H groups in total. The number of anilines is 1. The molecule has 1 rings (SSSR count). The van der Waals surface area contributed by atoms with Gasteiger partial charge in [0.25, 0.3) is 0 Å². The summed E-state index contributed by atoms with van der Waals surface area (Å²) in [5, 5.41) is 15.3. The van der Waals surface area contributed by atoms with E-state index in [0.29, 0.717) is 11.6 Å². The third-order valence-corrected chi connectivity index (χ3v) is 2.00. The fraction of sp³-hybridized carbons (Fsp3) is 0.417. The minimum Gasteiger partial charge on any atom is -0.384 e. The number of benzene rings is 1. The third kappa shape index (κ3) is 4.48. The van der Waals surface area contributed by atoms with Gasteiger partial charge in [0.05, 0.1) is 11.6 Å². The zero-order valence-electron chi connectivity index (χ0n) is 9.25. The molecule has 0 bridgehead atoms. The average Bonchev–Trinajstić information content (AvgIpc) is 2.24. The Bertz CT molecular complexity index is 339. The van der Waals surface area contributed by atoms with Crippen LogP contribution >= 0.6 is 0 Å². The van der Waals surface area contributed by atoms with Crippen LogP contribution in [-0.4, -0.2) is 19.1 Å². The summed E-state index contributed by atoms with van der Waals surface area (Å²) in [6, 6.07) is 10.1. The van der Waals surface area contributed by atoms with Crippen molar-refractivity contribution in [3.05, 3.63) is 29.8 Å². The molecule has 0 aliphatic carbocycles. The van der Waals surface area contributed by atoms with Crippen LogP contribution in [0.15, 0.2) is 24.3 Å². The largest absolute Gasteiger partial charge is 0.384 e. The highest BCUT2D eigenvalue weighted by Gasteiger charge is 1.94.